The molecular formula is C35H53FN2O7. The molecule has 1 rings (SSSR count). The van der Waals surface area contributed by atoms with E-state index in [1.54, 1.807) is 24.1 Å². The van der Waals surface area contributed by atoms with Gasteiger partial charge in [0.1, 0.15) is 12.3 Å². The summed E-state index contributed by atoms with van der Waals surface area (Å²) in [5.41, 5.74) is -1.07. The Hall–Kier alpha value is -3.60. The van der Waals surface area contributed by atoms with E-state index < -0.39 is 23.5 Å². The average molecular weight is 633 g/mol. The number of ketones is 1. The average Bonchev–Trinajstić information content (AvgIpc) is 2.98. The number of carbonyl (C=O) groups is 3. The van der Waals surface area contributed by atoms with E-state index in [1.165, 1.54) is 44.2 Å². The number of hydrogen-bond acceptors (Lipinski definition) is 7. The highest BCUT2D eigenvalue weighted by molar-refractivity contribution is 5.96. The number of rotatable bonds is 24. The number of carbonyl (C=O) groups excluding carboxylic acids is 1. The van der Waals surface area contributed by atoms with Crippen molar-refractivity contribution in [1.29, 1.82) is 0 Å². The highest BCUT2D eigenvalue weighted by Crippen LogP contribution is 2.27. The normalized spacial score (nSPS) is 12.6. The molecule has 0 aliphatic rings. The lowest BCUT2D eigenvalue weighted by atomic mass is 9.94. The standard InChI is InChI=1S/C31H49FN2O3.C4H4O4/c1-6-9-10-11-12-13-14-15-20-31(36,34(5)22-8-3)26-29(35)27-18-19-30(28(32)25-27)37-24-17-16-23-33(4)21-7-2;5-3(6)1-2-4(7)8/h7-8,16-19,25,36H,2-3,6,9-15,20-24,26H2,1,4-5H3;1-2H,(H,5,6)(H,7,8)/b;2-1+. The van der Waals surface area contributed by atoms with Crippen LogP contribution in [0.1, 0.15) is 81.5 Å². The first-order valence-corrected chi connectivity index (χ1v) is 15.5. The van der Waals surface area contributed by atoms with Gasteiger partial charge in [-0.1, -0.05) is 76.2 Å². The summed E-state index contributed by atoms with van der Waals surface area (Å²) in [6.45, 7) is 11.9. The third-order valence-corrected chi connectivity index (χ3v) is 6.97. The summed E-state index contributed by atoms with van der Waals surface area (Å²) in [4.78, 5) is 36.0. The molecular weight excluding hydrogens is 579 g/mol. The molecule has 0 radical (unpaired) electrons. The Morgan fingerprint density at radius 2 is 1.47 bits per heavy atom. The van der Waals surface area contributed by atoms with E-state index in [9.17, 15) is 23.9 Å². The maximum atomic E-state index is 14.7. The second kappa shape index (κ2) is 24.7. The molecule has 10 heteroatoms. The monoisotopic (exact) mass is 632 g/mol. The molecule has 0 spiro atoms. The van der Waals surface area contributed by atoms with Crippen molar-refractivity contribution >= 4 is 17.7 Å². The maximum absolute atomic E-state index is 14.7. The molecule has 0 saturated carbocycles. The number of carboxylic acids is 2. The zero-order valence-corrected chi connectivity index (χ0v) is 27.3. The highest BCUT2D eigenvalue weighted by Gasteiger charge is 2.34. The maximum Gasteiger partial charge on any atom is 0.328 e. The molecule has 0 aromatic heterocycles. The predicted molar refractivity (Wildman–Crippen MR) is 177 cm³/mol. The number of nitrogens with zero attached hydrogens (tertiary/aromatic N) is 2. The Bertz CT molecular complexity index is 1090. The zero-order valence-electron chi connectivity index (χ0n) is 27.3. The van der Waals surface area contributed by atoms with Gasteiger partial charge < -0.3 is 20.1 Å². The van der Waals surface area contributed by atoms with Crippen molar-refractivity contribution in [3.63, 3.8) is 0 Å². The topological polar surface area (TPSA) is 128 Å². The molecule has 0 bridgehead atoms. The van der Waals surface area contributed by atoms with Crippen molar-refractivity contribution in [2.75, 3.05) is 40.3 Å². The number of halogens is 1. The molecule has 1 aromatic rings. The van der Waals surface area contributed by atoms with E-state index in [1.807, 2.05) is 25.3 Å². The lowest BCUT2D eigenvalue weighted by molar-refractivity contribution is -0.134. The van der Waals surface area contributed by atoms with Crippen LogP contribution in [0.15, 0.2) is 67.8 Å². The van der Waals surface area contributed by atoms with Crippen molar-refractivity contribution in [3.8, 4) is 5.75 Å². The van der Waals surface area contributed by atoms with Crippen LogP contribution in [0.4, 0.5) is 4.39 Å². The van der Waals surface area contributed by atoms with Crippen LogP contribution in [-0.2, 0) is 9.59 Å². The molecule has 0 amide bonds. The molecule has 252 valence electrons. The lowest BCUT2D eigenvalue weighted by Crippen LogP contribution is -2.48. The van der Waals surface area contributed by atoms with Gasteiger partial charge in [-0.05, 0) is 45.1 Å². The van der Waals surface area contributed by atoms with Crippen LogP contribution >= 0.6 is 0 Å². The first-order chi connectivity index (χ1) is 21.4. The number of Topliss-reactive ketones (excluding diaryl/α,β-unsaturated/α-hetero) is 1. The van der Waals surface area contributed by atoms with Gasteiger partial charge in [-0.2, -0.15) is 0 Å². The van der Waals surface area contributed by atoms with E-state index in [0.717, 1.165) is 32.4 Å². The van der Waals surface area contributed by atoms with Gasteiger partial charge in [-0.15, -0.1) is 13.2 Å². The van der Waals surface area contributed by atoms with Gasteiger partial charge in [0.25, 0.3) is 0 Å². The first-order valence-electron chi connectivity index (χ1n) is 15.5. The molecule has 3 N–H and O–H groups in total. The van der Waals surface area contributed by atoms with E-state index >= 15 is 0 Å². The summed E-state index contributed by atoms with van der Waals surface area (Å²) in [5, 5.41) is 27.0. The van der Waals surface area contributed by atoms with Crippen LogP contribution in [-0.4, -0.2) is 88.9 Å². The van der Waals surface area contributed by atoms with Crippen molar-refractivity contribution < 1.29 is 38.8 Å². The smallest absolute Gasteiger partial charge is 0.328 e. The fourth-order valence-electron chi connectivity index (χ4n) is 4.37. The van der Waals surface area contributed by atoms with Crippen LogP contribution in [0.25, 0.3) is 0 Å². The SMILES string of the molecule is C=CCN(C)CC=CCOc1ccc(C(=O)CC(O)(CCCCCCCCCC)N(C)CC=C)cc1F.O=C(O)/C=C/C(=O)O. The number of benzene rings is 1. The van der Waals surface area contributed by atoms with E-state index in [-0.39, 0.29) is 30.1 Å². The van der Waals surface area contributed by atoms with Gasteiger partial charge in [-0.3, -0.25) is 14.6 Å². The third kappa shape index (κ3) is 20.1. The molecule has 0 saturated heterocycles. The second-order valence-corrected chi connectivity index (χ2v) is 10.9. The van der Waals surface area contributed by atoms with E-state index in [2.05, 4.69) is 25.0 Å². The minimum absolute atomic E-state index is 0.0959. The lowest BCUT2D eigenvalue weighted by Gasteiger charge is -2.36. The third-order valence-electron chi connectivity index (χ3n) is 6.97. The molecule has 0 fully saturated rings. The summed E-state index contributed by atoms with van der Waals surface area (Å²) in [6.07, 6.45) is 18.1. The minimum atomic E-state index is -1.30. The fourth-order valence-corrected chi connectivity index (χ4v) is 4.37. The van der Waals surface area contributed by atoms with Gasteiger partial charge >= 0.3 is 11.9 Å². The van der Waals surface area contributed by atoms with Crippen molar-refractivity contribution in [3.05, 3.63) is 79.2 Å². The van der Waals surface area contributed by atoms with E-state index in [4.69, 9.17) is 14.9 Å². The number of ether oxygens (including phenoxy) is 1. The molecule has 0 heterocycles. The van der Waals surface area contributed by atoms with Gasteiger partial charge in [0, 0.05) is 37.3 Å². The van der Waals surface area contributed by atoms with Crippen LogP contribution in [0, 0.1) is 5.82 Å². The Labute approximate surface area is 268 Å². The molecule has 1 unspecified atom stereocenters. The van der Waals surface area contributed by atoms with Crippen LogP contribution in [0.3, 0.4) is 0 Å². The van der Waals surface area contributed by atoms with Gasteiger partial charge in [0.05, 0.1) is 6.42 Å². The predicted octanol–water partition coefficient (Wildman–Crippen LogP) is 6.50. The zero-order chi connectivity index (χ0) is 34.1. The molecule has 45 heavy (non-hydrogen) atoms. The molecule has 0 aliphatic heterocycles. The Balaban J connectivity index is 0.00000212. The fraction of sp³-hybridized carbons (Fsp3) is 0.514. The highest BCUT2D eigenvalue weighted by atomic mass is 19.1. The number of hydrogen-bond donors (Lipinski definition) is 3. The van der Waals surface area contributed by atoms with Crippen molar-refractivity contribution in [2.45, 2.75) is 76.9 Å². The van der Waals surface area contributed by atoms with Gasteiger partial charge in [0.15, 0.2) is 17.3 Å². The number of aliphatic carboxylic acids is 2. The summed E-state index contributed by atoms with van der Waals surface area (Å²) < 4.78 is 20.2. The van der Waals surface area contributed by atoms with Crippen molar-refractivity contribution in [2.24, 2.45) is 0 Å². The Morgan fingerprint density at radius 3 is 2.00 bits per heavy atom. The van der Waals surface area contributed by atoms with Crippen LogP contribution in [0.5, 0.6) is 5.75 Å². The van der Waals surface area contributed by atoms with Gasteiger partial charge in [0.2, 0.25) is 0 Å². The van der Waals surface area contributed by atoms with E-state index in [0.29, 0.717) is 25.1 Å². The van der Waals surface area contributed by atoms with Crippen LogP contribution in [0.2, 0.25) is 0 Å². The second-order valence-electron chi connectivity index (χ2n) is 10.9. The van der Waals surface area contributed by atoms with Crippen molar-refractivity contribution in [1.82, 2.24) is 9.80 Å². The number of carboxylic acid groups (broad SMARTS) is 2. The molecule has 9 nitrogen and oxygen atoms in total. The van der Waals surface area contributed by atoms with Crippen LogP contribution < -0.4 is 4.74 Å². The molecule has 1 atom stereocenters. The molecule has 0 aliphatic carbocycles. The summed E-state index contributed by atoms with van der Waals surface area (Å²) in [5.74, 6) is -3.30. The number of likely N-dealkylation sites (N-methyl/N-ethyl adjacent to an activating group) is 2. The number of unbranched alkanes of at least 4 members (excludes halogenated alkanes) is 7. The quantitative estimate of drug-likeness (QED) is 0.0385. The summed E-state index contributed by atoms with van der Waals surface area (Å²) in [6, 6.07) is 4.24. The Morgan fingerprint density at radius 1 is 0.889 bits per heavy atom. The van der Waals surface area contributed by atoms with Gasteiger partial charge in [-0.25, -0.2) is 14.0 Å². The summed E-state index contributed by atoms with van der Waals surface area (Å²) >= 11 is 0. The number of aliphatic hydroxyl groups is 1. The largest absolute Gasteiger partial charge is 0.486 e. The minimum Gasteiger partial charge on any atom is -0.486 e. The Kier molecular flexibility index (Phi) is 22.7. The first kappa shape index (κ1) is 41.4. The molecule has 1 aromatic carbocycles. The summed E-state index contributed by atoms with van der Waals surface area (Å²) in [7, 11) is 3.77.